The van der Waals surface area contributed by atoms with Crippen molar-refractivity contribution in [1.29, 1.82) is 0 Å². The summed E-state index contributed by atoms with van der Waals surface area (Å²) >= 11 is 0. The largest absolute Gasteiger partial charge is 3.00 e. The van der Waals surface area contributed by atoms with Crippen LogP contribution in [0.2, 0.25) is 0 Å². The van der Waals surface area contributed by atoms with Gasteiger partial charge in [-0.1, -0.05) is 77.4 Å². The Labute approximate surface area is 317 Å². The summed E-state index contributed by atoms with van der Waals surface area (Å²) < 4.78 is 104. The summed E-state index contributed by atoms with van der Waals surface area (Å²) in [5, 5.41) is 0. The Morgan fingerprint density at radius 2 is 1.24 bits per heavy atom. The maximum absolute atomic E-state index is 14.6. The van der Waals surface area contributed by atoms with E-state index in [0.29, 0.717) is 17.5 Å². The molecule has 270 valence electrons. The summed E-state index contributed by atoms with van der Waals surface area (Å²) in [5.41, 5.74) is 1.19. The van der Waals surface area contributed by atoms with Gasteiger partial charge in [0.25, 0.3) is 0 Å². The minimum absolute atomic E-state index is 0. The number of aromatic nitrogens is 4. The molecular weight excluding hydrogens is 893 g/mol. The molecule has 0 aliphatic heterocycles. The first-order valence-electron chi connectivity index (χ1n) is 15.7. The first-order valence-corrected chi connectivity index (χ1v) is 15.7. The molecule has 1 atom stereocenters. The second-order valence-electron chi connectivity index (χ2n) is 11.6. The molecular formula is C41H21F8IrN4. The van der Waals surface area contributed by atoms with Gasteiger partial charge in [0.2, 0.25) is 0 Å². The van der Waals surface area contributed by atoms with Crippen LogP contribution in [0.3, 0.4) is 0 Å². The van der Waals surface area contributed by atoms with Crippen molar-refractivity contribution in [3.8, 4) is 33.6 Å². The Balaban J connectivity index is 0.000000205. The second kappa shape index (κ2) is 15.0. The van der Waals surface area contributed by atoms with Gasteiger partial charge in [-0.25, -0.2) is 0 Å². The molecule has 0 N–H and O–H groups in total. The summed E-state index contributed by atoms with van der Waals surface area (Å²) in [5.74, 6) is -1.38. The molecule has 0 unspecified atom stereocenters. The quantitative estimate of drug-likeness (QED) is 0.130. The predicted molar refractivity (Wildman–Crippen MR) is 179 cm³/mol. The third kappa shape index (κ3) is 7.04. The molecule has 3 aromatic carbocycles. The maximum Gasteiger partial charge on any atom is 3.00 e. The van der Waals surface area contributed by atoms with E-state index >= 15 is 0 Å². The fourth-order valence-corrected chi connectivity index (χ4v) is 6.30. The third-order valence-corrected chi connectivity index (χ3v) is 8.45. The minimum atomic E-state index is -5.04. The predicted octanol–water partition coefficient (Wildman–Crippen LogP) is 10.4. The fraction of sp³-hybridized carbons (Fsp3) is 0.0732. The summed E-state index contributed by atoms with van der Waals surface area (Å²) in [4.78, 5) is 16.0. The van der Waals surface area contributed by atoms with Crippen molar-refractivity contribution in [2.24, 2.45) is 0 Å². The molecule has 4 heterocycles. The van der Waals surface area contributed by atoms with Gasteiger partial charge in [0.15, 0.2) is 0 Å². The SMILES string of the molecule is FC(F)(F)c1c[c-]c(-c2ccccn2)c(C(F)(F)F)n1.Fc1c[c-]c(-c2cccc([C@]3(c4ccccn4)c4[c-]cccc4-c4ccccc43)n2)c(F)c1.[Ir+3]. The molecule has 0 saturated heterocycles. The molecule has 8 rings (SSSR count). The van der Waals surface area contributed by atoms with E-state index in [4.69, 9.17) is 9.97 Å². The number of halogens is 8. The van der Waals surface area contributed by atoms with E-state index in [-0.39, 0.29) is 31.4 Å². The van der Waals surface area contributed by atoms with Crippen molar-refractivity contribution in [2.45, 2.75) is 17.8 Å². The Morgan fingerprint density at radius 3 is 1.93 bits per heavy atom. The smallest absolute Gasteiger partial charge is 0.335 e. The zero-order valence-corrected chi connectivity index (χ0v) is 29.7. The van der Waals surface area contributed by atoms with E-state index in [2.05, 4.69) is 40.3 Å². The van der Waals surface area contributed by atoms with Gasteiger partial charge < -0.3 is 9.97 Å². The van der Waals surface area contributed by atoms with Crippen molar-refractivity contribution >= 4 is 0 Å². The first-order chi connectivity index (χ1) is 25.4. The van der Waals surface area contributed by atoms with Gasteiger partial charge in [-0.15, -0.1) is 35.4 Å². The van der Waals surface area contributed by atoms with Crippen LogP contribution < -0.4 is 0 Å². The molecule has 0 saturated carbocycles. The van der Waals surface area contributed by atoms with E-state index in [1.807, 2.05) is 60.7 Å². The summed E-state index contributed by atoms with van der Waals surface area (Å²) in [6.45, 7) is 0. The molecule has 54 heavy (non-hydrogen) atoms. The van der Waals surface area contributed by atoms with E-state index in [1.165, 1.54) is 24.4 Å². The molecule has 7 aromatic rings. The first kappa shape index (κ1) is 38.1. The van der Waals surface area contributed by atoms with Crippen LogP contribution in [0.4, 0.5) is 35.1 Å². The number of alkyl halides is 6. The van der Waals surface area contributed by atoms with Crippen LogP contribution in [-0.4, -0.2) is 19.9 Å². The van der Waals surface area contributed by atoms with Crippen molar-refractivity contribution in [3.05, 3.63) is 191 Å². The van der Waals surface area contributed by atoms with Crippen molar-refractivity contribution in [1.82, 2.24) is 19.9 Å². The van der Waals surface area contributed by atoms with E-state index in [1.54, 1.807) is 12.3 Å². The molecule has 13 heteroatoms. The molecule has 0 fully saturated rings. The fourth-order valence-electron chi connectivity index (χ4n) is 6.30. The van der Waals surface area contributed by atoms with Gasteiger partial charge in [0.1, 0.15) is 0 Å². The van der Waals surface area contributed by atoms with Crippen LogP contribution in [0.25, 0.3) is 33.6 Å². The van der Waals surface area contributed by atoms with Gasteiger partial charge in [-0.3, -0.25) is 18.7 Å². The Kier molecular flexibility index (Phi) is 10.6. The summed E-state index contributed by atoms with van der Waals surface area (Å²) in [6.07, 6.45) is -7.03. The molecule has 0 bridgehead atoms. The number of rotatable bonds is 4. The Bertz CT molecular complexity index is 2370. The molecule has 1 aliphatic carbocycles. The average molecular weight is 914 g/mol. The summed E-state index contributed by atoms with van der Waals surface area (Å²) in [7, 11) is 0. The number of hydrogen-bond acceptors (Lipinski definition) is 4. The molecule has 0 spiro atoms. The third-order valence-electron chi connectivity index (χ3n) is 8.45. The zero-order valence-electron chi connectivity index (χ0n) is 27.3. The molecule has 4 nitrogen and oxygen atoms in total. The van der Waals surface area contributed by atoms with Crippen LogP contribution in [0.1, 0.15) is 33.9 Å². The topological polar surface area (TPSA) is 51.6 Å². The molecule has 0 amide bonds. The van der Waals surface area contributed by atoms with Crippen molar-refractivity contribution in [2.75, 3.05) is 0 Å². The van der Waals surface area contributed by atoms with Crippen LogP contribution in [0.5, 0.6) is 0 Å². The molecule has 4 aromatic heterocycles. The molecule has 1 aliphatic rings. The van der Waals surface area contributed by atoms with Crippen LogP contribution in [0, 0.1) is 29.8 Å². The Morgan fingerprint density at radius 1 is 0.574 bits per heavy atom. The van der Waals surface area contributed by atoms with Crippen molar-refractivity contribution in [3.63, 3.8) is 0 Å². The van der Waals surface area contributed by atoms with Gasteiger partial charge in [-0.05, 0) is 41.2 Å². The van der Waals surface area contributed by atoms with E-state index in [0.717, 1.165) is 40.1 Å². The number of pyridine rings is 4. The zero-order chi connectivity index (χ0) is 37.4. The minimum Gasteiger partial charge on any atom is -0.335 e. The normalized spacial score (nSPS) is 14.6. The van der Waals surface area contributed by atoms with Crippen LogP contribution in [0.15, 0.2) is 128 Å². The van der Waals surface area contributed by atoms with Crippen LogP contribution >= 0.6 is 0 Å². The maximum atomic E-state index is 14.6. The Hall–Kier alpha value is -5.65. The number of benzene rings is 3. The van der Waals surface area contributed by atoms with Gasteiger partial charge >= 0.3 is 32.5 Å². The van der Waals surface area contributed by atoms with Gasteiger partial charge in [0, 0.05) is 29.7 Å². The standard InChI is InChI=1S/C29H16F2N2.C12H5F6N2.Ir/c30-19-15-16-22(25(31)18-19)26-12-7-14-28(33-26)29(27-13-5-6-17-32-27)23-10-3-1-8-20(23)21-9-2-4-11-24(21)29;13-11(14,15)9-5-4-7(8-3-1-2-6-19-8)10(20-9)12(16,17)18;/h1-10,12-15,17-18H;1-3,5-6H;/q-2;-1;+3/t29-;;/m0../s1. The average Bonchev–Trinajstić information content (AvgIpc) is 3.46. The van der Waals surface area contributed by atoms with Gasteiger partial charge in [0.05, 0.1) is 22.5 Å². The number of nitrogens with zero attached hydrogens (tertiary/aromatic N) is 4. The molecule has 0 radical (unpaired) electrons. The monoisotopic (exact) mass is 914 g/mol. The van der Waals surface area contributed by atoms with Crippen molar-refractivity contribution < 1.29 is 55.2 Å². The second-order valence-corrected chi connectivity index (χ2v) is 11.6. The van der Waals surface area contributed by atoms with E-state index < -0.39 is 46.4 Å². The number of fused-ring (bicyclic) bond motifs is 3. The van der Waals surface area contributed by atoms with Crippen LogP contribution in [-0.2, 0) is 37.9 Å². The van der Waals surface area contributed by atoms with Gasteiger partial charge in [-0.2, -0.15) is 50.6 Å². The summed E-state index contributed by atoms with van der Waals surface area (Å²) in [6, 6.07) is 39.9. The van der Waals surface area contributed by atoms with E-state index in [9.17, 15) is 35.1 Å². The number of hydrogen-bond donors (Lipinski definition) is 0.